The lowest BCUT2D eigenvalue weighted by Gasteiger charge is -2.28. The molecule has 1 aliphatic heterocycles. The molecule has 0 aromatic heterocycles. The number of amides is 4. The molecule has 7 nitrogen and oxygen atoms in total. The minimum atomic E-state index is -1.41. The zero-order valence-corrected chi connectivity index (χ0v) is 19.7. The second-order valence-corrected chi connectivity index (χ2v) is 8.95. The Morgan fingerprint density at radius 2 is 1.40 bits per heavy atom. The van der Waals surface area contributed by atoms with Crippen molar-refractivity contribution in [1.82, 2.24) is 10.2 Å². The first-order valence-corrected chi connectivity index (χ1v) is 11.5. The summed E-state index contributed by atoms with van der Waals surface area (Å²) in [6.45, 7) is 3.52. The number of carbonyl (C=O) groups excluding carboxylic acids is 4. The number of anilines is 1. The second-order valence-electron chi connectivity index (χ2n) is 8.95. The van der Waals surface area contributed by atoms with Gasteiger partial charge in [-0.25, -0.2) is 4.79 Å². The smallest absolute Gasteiger partial charge is 0.325 e. The zero-order valence-electron chi connectivity index (χ0n) is 19.7. The van der Waals surface area contributed by atoms with Gasteiger partial charge in [0, 0.05) is 17.7 Å². The number of nitrogens with one attached hydrogen (secondary N) is 2. The van der Waals surface area contributed by atoms with E-state index in [1.165, 1.54) is 0 Å². The highest BCUT2D eigenvalue weighted by molar-refractivity contribution is 6.13. The average molecular weight is 470 g/mol. The maximum atomic E-state index is 13.7. The minimum absolute atomic E-state index is 0.100. The Labute approximate surface area is 204 Å². The van der Waals surface area contributed by atoms with Gasteiger partial charge in [0.25, 0.3) is 5.91 Å². The number of nitrogens with zero attached hydrogens (tertiary/aromatic N) is 1. The molecule has 0 aliphatic carbocycles. The van der Waals surface area contributed by atoms with Crippen LogP contribution >= 0.6 is 0 Å². The van der Waals surface area contributed by atoms with E-state index in [2.05, 4.69) is 10.6 Å². The molecule has 178 valence electrons. The first kappa shape index (κ1) is 23.9. The highest BCUT2D eigenvalue weighted by Gasteiger charge is 2.54. The van der Waals surface area contributed by atoms with Gasteiger partial charge in [-0.2, -0.15) is 0 Å². The number of hydrogen-bond acceptors (Lipinski definition) is 4. The molecule has 1 saturated heterocycles. The summed E-state index contributed by atoms with van der Waals surface area (Å²) in [5, 5.41) is 5.64. The summed E-state index contributed by atoms with van der Waals surface area (Å²) in [5.74, 6) is -0.758. The van der Waals surface area contributed by atoms with Gasteiger partial charge in [-0.1, -0.05) is 74.5 Å². The third kappa shape index (κ3) is 4.84. The monoisotopic (exact) mass is 469 g/mol. The van der Waals surface area contributed by atoms with Crippen LogP contribution < -0.4 is 10.6 Å². The van der Waals surface area contributed by atoms with Crippen molar-refractivity contribution < 1.29 is 19.2 Å². The van der Waals surface area contributed by atoms with Crippen LogP contribution in [-0.2, 0) is 15.1 Å². The molecule has 0 atom stereocenters. The Morgan fingerprint density at radius 1 is 0.857 bits per heavy atom. The van der Waals surface area contributed by atoms with Gasteiger partial charge in [0.15, 0.2) is 11.3 Å². The van der Waals surface area contributed by atoms with Gasteiger partial charge >= 0.3 is 6.03 Å². The Morgan fingerprint density at radius 3 is 1.91 bits per heavy atom. The Hall–Kier alpha value is -4.26. The van der Waals surface area contributed by atoms with Crippen molar-refractivity contribution in [2.75, 3.05) is 11.9 Å². The topological polar surface area (TPSA) is 95.6 Å². The van der Waals surface area contributed by atoms with Crippen LogP contribution in [-0.4, -0.2) is 35.1 Å². The Bertz CT molecular complexity index is 1200. The number of imide groups is 1. The summed E-state index contributed by atoms with van der Waals surface area (Å²) in [6.07, 6.45) is 0.400. The SMILES string of the molecule is CC(C)CC(=O)Nc1ccc(C(=O)CN2C(=O)NC(c3ccccc3)(c3ccccc3)C2=O)cc1. The predicted octanol–water partition coefficient (Wildman–Crippen LogP) is 4.35. The van der Waals surface area contributed by atoms with Crippen LogP contribution in [0.4, 0.5) is 10.5 Å². The number of Topliss-reactive ketones (excluding diaryl/α,β-unsaturated/α-hetero) is 1. The standard InChI is InChI=1S/C28H27N3O4/c1-19(2)17-25(33)29-23-15-13-20(14-16-23)24(32)18-31-26(34)28(30-27(31)35,21-9-5-3-6-10-21)22-11-7-4-8-12-22/h3-16,19H,17-18H2,1-2H3,(H,29,33)(H,30,35). The molecule has 1 aliphatic rings. The van der Waals surface area contributed by atoms with E-state index in [0.717, 1.165) is 4.90 Å². The predicted molar refractivity (Wildman–Crippen MR) is 133 cm³/mol. The summed E-state index contributed by atoms with van der Waals surface area (Å²) in [7, 11) is 0. The van der Waals surface area contributed by atoms with E-state index in [0.29, 0.717) is 28.8 Å². The van der Waals surface area contributed by atoms with Gasteiger partial charge in [-0.3, -0.25) is 19.3 Å². The van der Waals surface area contributed by atoms with Crippen LogP contribution in [0.5, 0.6) is 0 Å². The quantitative estimate of drug-likeness (QED) is 0.379. The fourth-order valence-corrected chi connectivity index (χ4v) is 4.21. The van der Waals surface area contributed by atoms with Gasteiger partial charge < -0.3 is 10.6 Å². The fourth-order valence-electron chi connectivity index (χ4n) is 4.21. The van der Waals surface area contributed by atoms with Crippen molar-refractivity contribution in [2.24, 2.45) is 5.92 Å². The molecule has 35 heavy (non-hydrogen) atoms. The Balaban J connectivity index is 1.55. The van der Waals surface area contributed by atoms with E-state index in [1.807, 2.05) is 26.0 Å². The summed E-state index contributed by atoms with van der Waals surface area (Å²) >= 11 is 0. The van der Waals surface area contributed by atoms with E-state index >= 15 is 0 Å². The van der Waals surface area contributed by atoms with Crippen LogP contribution in [0, 0.1) is 5.92 Å². The van der Waals surface area contributed by atoms with Crippen LogP contribution in [0.15, 0.2) is 84.9 Å². The maximum Gasteiger partial charge on any atom is 0.325 e. The highest BCUT2D eigenvalue weighted by Crippen LogP contribution is 2.36. The fraction of sp³-hybridized carbons (Fsp3) is 0.214. The molecule has 4 amide bonds. The molecule has 3 aromatic rings. The van der Waals surface area contributed by atoms with E-state index in [-0.39, 0.29) is 17.6 Å². The van der Waals surface area contributed by atoms with Crippen molar-refractivity contribution >= 4 is 29.3 Å². The van der Waals surface area contributed by atoms with Crippen molar-refractivity contribution in [3.63, 3.8) is 0 Å². The summed E-state index contributed by atoms with van der Waals surface area (Å²) in [6, 6.07) is 23.8. The third-order valence-corrected chi connectivity index (χ3v) is 5.91. The van der Waals surface area contributed by atoms with E-state index < -0.39 is 24.0 Å². The van der Waals surface area contributed by atoms with Gasteiger partial charge in [-0.05, 0) is 41.3 Å². The van der Waals surface area contributed by atoms with Crippen molar-refractivity contribution in [2.45, 2.75) is 25.8 Å². The van der Waals surface area contributed by atoms with Crippen molar-refractivity contribution in [1.29, 1.82) is 0 Å². The average Bonchev–Trinajstić information content (AvgIpc) is 3.10. The number of hydrogen-bond donors (Lipinski definition) is 2. The molecule has 0 unspecified atom stereocenters. The molecular formula is C28H27N3O4. The molecule has 1 fully saturated rings. The molecule has 0 radical (unpaired) electrons. The molecule has 7 heteroatoms. The summed E-state index contributed by atoms with van der Waals surface area (Å²) in [5.41, 5.74) is 0.727. The van der Waals surface area contributed by atoms with Crippen molar-refractivity contribution in [3.8, 4) is 0 Å². The molecule has 1 heterocycles. The Kier molecular flexibility index (Phi) is 6.78. The molecule has 0 saturated carbocycles. The second kappa shape index (κ2) is 9.93. The molecule has 0 bridgehead atoms. The highest BCUT2D eigenvalue weighted by atomic mass is 16.2. The third-order valence-electron chi connectivity index (χ3n) is 5.91. The first-order valence-electron chi connectivity index (χ1n) is 11.5. The van der Waals surface area contributed by atoms with Gasteiger partial charge in [-0.15, -0.1) is 0 Å². The van der Waals surface area contributed by atoms with Crippen LogP contribution in [0.2, 0.25) is 0 Å². The largest absolute Gasteiger partial charge is 0.326 e. The summed E-state index contributed by atoms with van der Waals surface area (Å²) in [4.78, 5) is 52.6. The van der Waals surface area contributed by atoms with E-state index in [4.69, 9.17) is 0 Å². The lowest BCUT2D eigenvalue weighted by molar-refractivity contribution is -0.130. The number of urea groups is 1. The first-order chi connectivity index (χ1) is 16.8. The van der Waals surface area contributed by atoms with Crippen LogP contribution in [0.3, 0.4) is 0 Å². The maximum absolute atomic E-state index is 13.7. The number of carbonyl (C=O) groups is 4. The number of ketones is 1. The van der Waals surface area contributed by atoms with Crippen LogP contribution in [0.1, 0.15) is 41.8 Å². The number of benzene rings is 3. The van der Waals surface area contributed by atoms with Gasteiger partial charge in [0.2, 0.25) is 5.91 Å². The normalized spacial score (nSPS) is 14.7. The molecule has 4 rings (SSSR count). The van der Waals surface area contributed by atoms with E-state index in [1.54, 1.807) is 72.8 Å². The van der Waals surface area contributed by atoms with Gasteiger partial charge in [0.05, 0.1) is 6.54 Å². The molecule has 3 aromatic carbocycles. The number of rotatable bonds is 8. The van der Waals surface area contributed by atoms with Crippen molar-refractivity contribution in [3.05, 3.63) is 102 Å². The molecule has 0 spiro atoms. The minimum Gasteiger partial charge on any atom is -0.326 e. The van der Waals surface area contributed by atoms with E-state index in [9.17, 15) is 19.2 Å². The molecular weight excluding hydrogens is 442 g/mol. The van der Waals surface area contributed by atoms with Crippen LogP contribution in [0.25, 0.3) is 0 Å². The lowest BCUT2D eigenvalue weighted by Crippen LogP contribution is -2.45. The lowest BCUT2D eigenvalue weighted by atomic mass is 9.82. The summed E-state index contributed by atoms with van der Waals surface area (Å²) < 4.78 is 0. The van der Waals surface area contributed by atoms with Gasteiger partial charge in [0.1, 0.15) is 0 Å². The molecule has 2 N–H and O–H groups in total. The zero-order chi connectivity index (χ0) is 25.0.